The van der Waals surface area contributed by atoms with Crippen molar-refractivity contribution in [2.75, 3.05) is 16.8 Å². The molecular formula is C13H19N3O3S. The number of sulfone groups is 1. The minimum Gasteiger partial charge on any atom is -0.334 e. The van der Waals surface area contributed by atoms with Gasteiger partial charge in [0.1, 0.15) is 0 Å². The average Bonchev–Trinajstić information content (AvgIpc) is 2.69. The number of anilines is 1. The van der Waals surface area contributed by atoms with Crippen molar-refractivity contribution in [3.8, 4) is 0 Å². The second-order valence-electron chi connectivity index (χ2n) is 5.11. The lowest BCUT2D eigenvalue weighted by Gasteiger charge is -2.12. The van der Waals surface area contributed by atoms with Gasteiger partial charge in [0, 0.05) is 17.8 Å². The highest BCUT2D eigenvalue weighted by Gasteiger charge is 2.28. The van der Waals surface area contributed by atoms with E-state index in [4.69, 9.17) is 5.73 Å². The Labute approximate surface area is 118 Å². The number of nitrogens with two attached hydrogens (primary N) is 1. The number of benzene rings is 1. The van der Waals surface area contributed by atoms with Crippen LogP contribution in [0.5, 0.6) is 0 Å². The zero-order valence-corrected chi connectivity index (χ0v) is 12.1. The molecule has 1 fully saturated rings. The molecule has 0 aliphatic carbocycles. The SMILES string of the molecule is CC(N)c1ccc(NC(=O)NC2CCS(=O)(=O)C2)cc1. The van der Waals surface area contributed by atoms with Crippen molar-refractivity contribution in [2.24, 2.45) is 5.73 Å². The lowest BCUT2D eigenvalue weighted by Crippen LogP contribution is -2.38. The standard InChI is InChI=1S/C13H19N3O3S/c1-9(14)10-2-4-11(5-3-10)15-13(17)16-12-6-7-20(18,19)8-12/h2-5,9,12H,6-8,14H2,1H3,(H2,15,16,17). The van der Waals surface area contributed by atoms with E-state index in [2.05, 4.69) is 10.6 Å². The first-order valence-corrected chi connectivity index (χ1v) is 8.31. The fraction of sp³-hybridized carbons (Fsp3) is 0.462. The predicted octanol–water partition coefficient (Wildman–Crippen LogP) is 1.01. The van der Waals surface area contributed by atoms with Gasteiger partial charge in [-0.05, 0) is 31.0 Å². The lowest BCUT2D eigenvalue weighted by molar-refractivity contribution is 0.249. The summed E-state index contributed by atoms with van der Waals surface area (Å²) in [6.45, 7) is 1.88. The number of rotatable bonds is 3. The fourth-order valence-electron chi connectivity index (χ4n) is 2.13. The first-order valence-electron chi connectivity index (χ1n) is 6.49. The molecule has 2 atom stereocenters. The van der Waals surface area contributed by atoms with Gasteiger partial charge in [0.05, 0.1) is 11.5 Å². The molecule has 4 N–H and O–H groups in total. The molecule has 1 aliphatic heterocycles. The van der Waals surface area contributed by atoms with Gasteiger partial charge in [-0.3, -0.25) is 0 Å². The van der Waals surface area contributed by atoms with Crippen molar-refractivity contribution >= 4 is 21.6 Å². The maximum atomic E-state index is 11.8. The zero-order valence-electron chi connectivity index (χ0n) is 11.3. The topological polar surface area (TPSA) is 101 Å². The summed E-state index contributed by atoms with van der Waals surface area (Å²) in [6, 6.07) is 6.49. The molecule has 2 amide bonds. The van der Waals surface area contributed by atoms with Crippen LogP contribution < -0.4 is 16.4 Å². The Morgan fingerprint density at radius 2 is 2.00 bits per heavy atom. The Balaban J connectivity index is 1.88. The molecule has 1 aliphatic rings. The third kappa shape index (κ3) is 3.94. The van der Waals surface area contributed by atoms with Crippen molar-refractivity contribution < 1.29 is 13.2 Å². The Kier molecular flexibility index (Phi) is 4.29. The lowest BCUT2D eigenvalue weighted by atomic mass is 10.1. The van der Waals surface area contributed by atoms with E-state index in [9.17, 15) is 13.2 Å². The van der Waals surface area contributed by atoms with Crippen LogP contribution in [0.15, 0.2) is 24.3 Å². The molecule has 0 bridgehead atoms. The van der Waals surface area contributed by atoms with Crippen molar-refractivity contribution in [1.82, 2.24) is 5.32 Å². The van der Waals surface area contributed by atoms with Crippen LogP contribution in [0.1, 0.15) is 24.9 Å². The minimum absolute atomic E-state index is 0.0179. The first kappa shape index (κ1) is 14.8. The second-order valence-corrected chi connectivity index (χ2v) is 7.34. The summed E-state index contributed by atoms with van der Waals surface area (Å²) in [4.78, 5) is 11.8. The van der Waals surface area contributed by atoms with Crippen molar-refractivity contribution in [3.63, 3.8) is 0 Å². The van der Waals surface area contributed by atoms with Gasteiger partial charge in [0.25, 0.3) is 0 Å². The van der Waals surface area contributed by atoms with Crippen LogP contribution in [-0.2, 0) is 9.84 Å². The van der Waals surface area contributed by atoms with E-state index in [0.717, 1.165) is 5.56 Å². The molecule has 2 rings (SSSR count). The van der Waals surface area contributed by atoms with E-state index in [1.165, 1.54) is 0 Å². The molecule has 0 radical (unpaired) electrons. The summed E-state index contributed by atoms with van der Waals surface area (Å²) in [5, 5.41) is 5.34. The van der Waals surface area contributed by atoms with Gasteiger partial charge >= 0.3 is 6.03 Å². The predicted molar refractivity (Wildman–Crippen MR) is 78.3 cm³/mol. The van der Waals surface area contributed by atoms with E-state index >= 15 is 0 Å². The number of hydrogen-bond donors (Lipinski definition) is 3. The van der Waals surface area contributed by atoms with Gasteiger partial charge < -0.3 is 16.4 Å². The minimum atomic E-state index is -2.99. The smallest absolute Gasteiger partial charge is 0.319 e. The van der Waals surface area contributed by atoms with E-state index in [1.54, 1.807) is 12.1 Å². The number of carbonyl (C=O) groups excluding carboxylic acids is 1. The normalized spacial score (nSPS) is 22.2. The molecule has 0 aromatic heterocycles. The van der Waals surface area contributed by atoms with Crippen LogP contribution >= 0.6 is 0 Å². The monoisotopic (exact) mass is 297 g/mol. The zero-order chi connectivity index (χ0) is 14.8. The summed E-state index contributed by atoms with van der Waals surface area (Å²) in [5.74, 6) is 0.158. The highest BCUT2D eigenvalue weighted by atomic mass is 32.2. The second kappa shape index (κ2) is 5.80. The Bertz CT molecular complexity index is 581. The molecule has 6 nitrogen and oxygen atoms in total. The molecule has 1 aromatic rings. The summed E-state index contributed by atoms with van der Waals surface area (Å²) >= 11 is 0. The fourth-order valence-corrected chi connectivity index (χ4v) is 3.80. The molecular weight excluding hydrogens is 278 g/mol. The molecule has 0 spiro atoms. The molecule has 1 saturated heterocycles. The maximum absolute atomic E-state index is 11.8. The number of hydrogen-bond acceptors (Lipinski definition) is 4. The van der Waals surface area contributed by atoms with Crippen LogP contribution in [0.3, 0.4) is 0 Å². The summed E-state index contributed by atoms with van der Waals surface area (Å²) in [7, 11) is -2.99. The highest BCUT2D eigenvalue weighted by molar-refractivity contribution is 7.91. The first-order chi connectivity index (χ1) is 9.35. The average molecular weight is 297 g/mol. The number of nitrogens with one attached hydrogen (secondary N) is 2. The van der Waals surface area contributed by atoms with Crippen molar-refractivity contribution in [2.45, 2.75) is 25.4 Å². The largest absolute Gasteiger partial charge is 0.334 e. The molecule has 110 valence electrons. The van der Waals surface area contributed by atoms with Crippen molar-refractivity contribution in [3.05, 3.63) is 29.8 Å². The Morgan fingerprint density at radius 3 is 2.50 bits per heavy atom. The Hall–Kier alpha value is -1.60. The molecule has 7 heteroatoms. The van der Waals surface area contributed by atoms with E-state index in [1.807, 2.05) is 19.1 Å². The third-order valence-electron chi connectivity index (χ3n) is 3.26. The number of urea groups is 1. The maximum Gasteiger partial charge on any atom is 0.319 e. The van der Waals surface area contributed by atoms with Crippen LogP contribution in [0.2, 0.25) is 0 Å². The molecule has 1 heterocycles. The summed E-state index contributed by atoms with van der Waals surface area (Å²) < 4.78 is 22.6. The summed E-state index contributed by atoms with van der Waals surface area (Å²) in [5.41, 5.74) is 7.37. The van der Waals surface area contributed by atoms with E-state index in [-0.39, 0.29) is 29.6 Å². The van der Waals surface area contributed by atoms with Crippen molar-refractivity contribution in [1.29, 1.82) is 0 Å². The van der Waals surface area contributed by atoms with Crippen LogP contribution in [0.4, 0.5) is 10.5 Å². The third-order valence-corrected chi connectivity index (χ3v) is 5.03. The van der Waals surface area contributed by atoms with Gasteiger partial charge in [-0.25, -0.2) is 13.2 Å². The Morgan fingerprint density at radius 1 is 1.35 bits per heavy atom. The van der Waals surface area contributed by atoms with E-state index < -0.39 is 9.84 Å². The van der Waals surface area contributed by atoms with Gasteiger partial charge in [-0.15, -0.1) is 0 Å². The molecule has 0 saturated carbocycles. The summed E-state index contributed by atoms with van der Waals surface area (Å²) in [6.07, 6.45) is 0.472. The van der Waals surface area contributed by atoms with Gasteiger partial charge in [0.15, 0.2) is 9.84 Å². The molecule has 20 heavy (non-hydrogen) atoms. The number of carbonyl (C=O) groups is 1. The number of amides is 2. The van der Waals surface area contributed by atoms with E-state index in [0.29, 0.717) is 12.1 Å². The van der Waals surface area contributed by atoms with Gasteiger partial charge in [-0.2, -0.15) is 0 Å². The molecule has 2 unspecified atom stereocenters. The van der Waals surface area contributed by atoms with Gasteiger partial charge in [-0.1, -0.05) is 12.1 Å². The quantitative estimate of drug-likeness (QED) is 0.775. The van der Waals surface area contributed by atoms with Crippen LogP contribution in [-0.4, -0.2) is 32.0 Å². The van der Waals surface area contributed by atoms with Crippen LogP contribution in [0.25, 0.3) is 0 Å². The van der Waals surface area contributed by atoms with Crippen LogP contribution in [0, 0.1) is 0 Å². The van der Waals surface area contributed by atoms with Gasteiger partial charge in [0.2, 0.25) is 0 Å². The highest BCUT2D eigenvalue weighted by Crippen LogP contribution is 2.15. The molecule has 1 aromatic carbocycles.